The summed E-state index contributed by atoms with van der Waals surface area (Å²) < 4.78 is 0. The Kier molecular flexibility index (Phi) is 15.9. The molecule has 0 aliphatic rings. The van der Waals surface area contributed by atoms with Crippen LogP contribution < -0.4 is 24.0 Å². The van der Waals surface area contributed by atoms with Crippen LogP contribution in [0.3, 0.4) is 0 Å². The molecule has 0 bridgehead atoms. The standard InChI is InChI=1S/C8H18.HI/c1-3-5-7-8-6-4-2;/h3-8H2,1-2H3;1H/p-1. The smallest absolute Gasteiger partial charge is 0.0533 e. The molecule has 0 nitrogen and oxygen atoms in total. The van der Waals surface area contributed by atoms with E-state index in [1.54, 1.807) is 0 Å². The van der Waals surface area contributed by atoms with Gasteiger partial charge in [-0.1, -0.05) is 52.4 Å². The van der Waals surface area contributed by atoms with Gasteiger partial charge in [0, 0.05) is 0 Å². The van der Waals surface area contributed by atoms with Crippen LogP contribution >= 0.6 is 0 Å². The molecule has 0 aromatic rings. The molecule has 0 spiro atoms. The first kappa shape index (κ1) is 12.4. The molecule has 0 N–H and O–H groups in total. The molecule has 0 fully saturated rings. The summed E-state index contributed by atoms with van der Waals surface area (Å²) in [5.41, 5.74) is 0. The van der Waals surface area contributed by atoms with Crippen molar-refractivity contribution in [1.29, 1.82) is 0 Å². The Morgan fingerprint density at radius 3 is 1.22 bits per heavy atom. The Bertz CT molecular complexity index is 29.5. The molecule has 0 saturated carbocycles. The summed E-state index contributed by atoms with van der Waals surface area (Å²) in [4.78, 5) is 0. The van der Waals surface area contributed by atoms with Gasteiger partial charge in [0.15, 0.2) is 0 Å². The number of unbranched alkanes of at least 4 members (excludes halogenated alkanes) is 5. The molecule has 0 saturated heterocycles. The zero-order chi connectivity index (χ0) is 6.24. The summed E-state index contributed by atoms with van der Waals surface area (Å²) in [7, 11) is 0. The lowest BCUT2D eigenvalue weighted by Crippen LogP contribution is -3.00. The molecule has 0 atom stereocenters. The van der Waals surface area contributed by atoms with Crippen molar-refractivity contribution in [3.05, 3.63) is 0 Å². The molecule has 0 amide bonds. The Hall–Kier alpha value is 0.730. The van der Waals surface area contributed by atoms with Gasteiger partial charge in [-0.3, -0.25) is 0 Å². The lowest BCUT2D eigenvalue weighted by atomic mass is 10.1. The third kappa shape index (κ3) is 12.0. The van der Waals surface area contributed by atoms with E-state index >= 15 is 0 Å². The summed E-state index contributed by atoms with van der Waals surface area (Å²) >= 11 is 0. The van der Waals surface area contributed by atoms with E-state index in [1.165, 1.54) is 38.5 Å². The number of hydrogen-bond acceptors (Lipinski definition) is 0. The van der Waals surface area contributed by atoms with Gasteiger partial charge in [0.1, 0.15) is 0 Å². The summed E-state index contributed by atoms with van der Waals surface area (Å²) in [6, 6.07) is 0. The van der Waals surface area contributed by atoms with Crippen molar-refractivity contribution in [3.63, 3.8) is 0 Å². The van der Waals surface area contributed by atoms with Crippen molar-refractivity contribution in [2.75, 3.05) is 0 Å². The number of halogens is 1. The zero-order valence-electron chi connectivity index (χ0n) is 6.62. The van der Waals surface area contributed by atoms with Crippen LogP contribution in [0.1, 0.15) is 52.4 Å². The minimum Gasteiger partial charge on any atom is -1.00 e. The van der Waals surface area contributed by atoms with Crippen LogP contribution in [0.5, 0.6) is 0 Å². The average molecular weight is 241 g/mol. The van der Waals surface area contributed by atoms with Crippen molar-refractivity contribution < 1.29 is 24.0 Å². The third-order valence-electron chi connectivity index (χ3n) is 1.46. The van der Waals surface area contributed by atoms with Crippen molar-refractivity contribution in [1.82, 2.24) is 0 Å². The highest BCUT2D eigenvalue weighted by molar-refractivity contribution is 4.39. The van der Waals surface area contributed by atoms with Crippen molar-refractivity contribution in [3.8, 4) is 0 Å². The minimum absolute atomic E-state index is 0. The fourth-order valence-corrected chi connectivity index (χ4v) is 0.854. The normalized spacial score (nSPS) is 8.67. The van der Waals surface area contributed by atoms with E-state index in [-0.39, 0.29) is 24.0 Å². The quantitative estimate of drug-likeness (QED) is 0.482. The highest BCUT2D eigenvalue weighted by Gasteiger charge is 1.83. The predicted octanol–water partition coefficient (Wildman–Crippen LogP) is 0.371. The molecule has 0 rings (SSSR count). The van der Waals surface area contributed by atoms with Crippen LogP contribution in [0.15, 0.2) is 0 Å². The Balaban J connectivity index is 0. The molecular formula is C8H18I-. The lowest BCUT2D eigenvalue weighted by molar-refractivity contribution is -0.00000192. The van der Waals surface area contributed by atoms with E-state index in [0.717, 1.165) is 0 Å². The van der Waals surface area contributed by atoms with Gasteiger partial charge in [0.25, 0.3) is 0 Å². The molecule has 9 heavy (non-hydrogen) atoms. The molecule has 0 aromatic heterocycles. The Morgan fingerprint density at radius 1 is 0.667 bits per heavy atom. The highest BCUT2D eigenvalue weighted by Crippen LogP contribution is 2.03. The number of hydrogen-bond donors (Lipinski definition) is 0. The lowest BCUT2D eigenvalue weighted by Gasteiger charge is -1.93. The van der Waals surface area contributed by atoms with Gasteiger partial charge in [-0.2, -0.15) is 0 Å². The van der Waals surface area contributed by atoms with Gasteiger partial charge in [0.2, 0.25) is 0 Å². The Morgan fingerprint density at radius 2 is 1.00 bits per heavy atom. The van der Waals surface area contributed by atoms with Gasteiger partial charge in [-0.15, -0.1) is 0 Å². The summed E-state index contributed by atoms with van der Waals surface area (Å²) in [6.45, 7) is 4.51. The topological polar surface area (TPSA) is 0 Å². The summed E-state index contributed by atoms with van der Waals surface area (Å²) in [6.07, 6.45) is 8.49. The monoisotopic (exact) mass is 241 g/mol. The summed E-state index contributed by atoms with van der Waals surface area (Å²) in [5, 5.41) is 0. The second kappa shape index (κ2) is 11.5. The molecular weight excluding hydrogens is 223 g/mol. The van der Waals surface area contributed by atoms with E-state index in [2.05, 4.69) is 13.8 Å². The molecule has 0 aromatic carbocycles. The van der Waals surface area contributed by atoms with Crippen molar-refractivity contribution in [2.45, 2.75) is 52.4 Å². The van der Waals surface area contributed by atoms with Gasteiger partial charge in [-0.05, 0) is 0 Å². The average Bonchev–Trinajstić information content (AvgIpc) is 1.81. The minimum atomic E-state index is 0. The van der Waals surface area contributed by atoms with Gasteiger partial charge >= 0.3 is 0 Å². The van der Waals surface area contributed by atoms with Crippen LogP contribution in [0.2, 0.25) is 0 Å². The van der Waals surface area contributed by atoms with E-state index in [1.807, 2.05) is 0 Å². The van der Waals surface area contributed by atoms with Crippen molar-refractivity contribution in [2.24, 2.45) is 0 Å². The zero-order valence-corrected chi connectivity index (χ0v) is 8.78. The van der Waals surface area contributed by atoms with E-state index < -0.39 is 0 Å². The van der Waals surface area contributed by atoms with Crippen LogP contribution in [-0.2, 0) is 0 Å². The first-order valence-corrected chi connectivity index (χ1v) is 3.91. The van der Waals surface area contributed by atoms with E-state index in [0.29, 0.717) is 0 Å². The van der Waals surface area contributed by atoms with Gasteiger partial charge < -0.3 is 24.0 Å². The molecule has 1 heteroatoms. The maximum atomic E-state index is 2.26. The number of rotatable bonds is 5. The largest absolute Gasteiger partial charge is 1.00 e. The highest BCUT2D eigenvalue weighted by atomic mass is 127. The third-order valence-corrected chi connectivity index (χ3v) is 1.46. The molecule has 0 aliphatic carbocycles. The fourth-order valence-electron chi connectivity index (χ4n) is 0.854. The van der Waals surface area contributed by atoms with Crippen LogP contribution in [0.25, 0.3) is 0 Å². The molecule has 0 heterocycles. The predicted molar refractivity (Wildman–Crippen MR) is 39.0 cm³/mol. The van der Waals surface area contributed by atoms with Crippen LogP contribution in [0, 0.1) is 0 Å². The maximum Gasteiger partial charge on any atom is -0.0533 e. The van der Waals surface area contributed by atoms with Crippen LogP contribution in [-0.4, -0.2) is 0 Å². The molecule has 58 valence electrons. The second-order valence-corrected chi connectivity index (χ2v) is 2.41. The van der Waals surface area contributed by atoms with Crippen molar-refractivity contribution >= 4 is 0 Å². The molecule has 0 radical (unpaired) electrons. The first-order chi connectivity index (χ1) is 3.91. The molecule has 0 aliphatic heterocycles. The fraction of sp³-hybridized carbons (Fsp3) is 1.00. The van der Waals surface area contributed by atoms with Gasteiger partial charge in [-0.25, -0.2) is 0 Å². The van der Waals surface area contributed by atoms with E-state index in [4.69, 9.17) is 0 Å². The van der Waals surface area contributed by atoms with Gasteiger partial charge in [0.05, 0.1) is 0 Å². The summed E-state index contributed by atoms with van der Waals surface area (Å²) in [5.74, 6) is 0. The molecule has 0 unspecified atom stereocenters. The van der Waals surface area contributed by atoms with Crippen LogP contribution in [0.4, 0.5) is 0 Å². The van der Waals surface area contributed by atoms with E-state index in [9.17, 15) is 0 Å². The first-order valence-electron chi connectivity index (χ1n) is 3.91. The maximum absolute atomic E-state index is 2.26. The Labute approximate surface area is 76.4 Å². The second-order valence-electron chi connectivity index (χ2n) is 2.41. The SMILES string of the molecule is CCCCCCCC.[I-].